The Labute approximate surface area is 113 Å². The molecule has 0 saturated carbocycles. The van der Waals surface area contributed by atoms with Crippen LogP contribution in [0.2, 0.25) is 0 Å². The third-order valence-corrected chi connectivity index (χ3v) is 3.12. The summed E-state index contributed by atoms with van der Waals surface area (Å²) in [6, 6.07) is 0. The molecule has 0 aromatic rings. The van der Waals surface area contributed by atoms with Crippen LogP contribution in [-0.4, -0.2) is 12.1 Å². The van der Waals surface area contributed by atoms with Gasteiger partial charge in [-0.15, -0.1) is 0 Å². The minimum absolute atomic E-state index is 0.0284. The molecule has 18 heavy (non-hydrogen) atoms. The topological polar surface area (TPSA) is 26.3 Å². The average Bonchev–Trinajstić information content (AvgIpc) is 2.36. The molecule has 2 nitrogen and oxygen atoms in total. The van der Waals surface area contributed by atoms with Crippen LogP contribution in [0.5, 0.6) is 0 Å². The Hall–Kier alpha value is -0.790. The molecule has 0 saturated heterocycles. The van der Waals surface area contributed by atoms with Gasteiger partial charge in [-0.2, -0.15) is 0 Å². The van der Waals surface area contributed by atoms with Crippen molar-refractivity contribution in [2.24, 2.45) is 0 Å². The summed E-state index contributed by atoms with van der Waals surface area (Å²) < 4.78 is 5.15. The summed E-state index contributed by atoms with van der Waals surface area (Å²) >= 11 is 0. The molecule has 1 atom stereocenters. The van der Waals surface area contributed by atoms with Gasteiger partial charge in [-0.3, -0.25) is 0 Å². The first kappa shape index (κ1) is 17.2. The van der Waals surface area contributed by atoms with Gasteiger partial charge in [-0.25, -0.2) is 4.79 Å². The van der Waals surface area contributed by atoms with Gasteiger partial charge in [0.15, 0.2) is 0 Å². The quantitative estimate of drug-likeness (QED) is 0.294. The first-order valence-corrected chi connectivity index (χ1v) is 7.57. The number of hydrogen-bond donors (Lipinski definition) is 0. The molecule has 0 aliphatic rings. The van der Waals surface area contributed by atoms with Crippen LogP contribution in [0.25, 0.3) is 0 Å². The fourth-order valence-corrected chi connectivity index (χ4v) is 1.72. The number of esters is 1. The van der Waals surface area contributed by atoms with E-state index in [-0.39, 0.29) is 12.1 Å². The highest BCUT2D eigenvalue weighted by Gasteiger charge is 2.02. The lowest BCUT2D eigenvalue weighted by Gasteiger charge is -2.07. The second-order valence-electron chi connectivity index (χ2n) is 4.97. The zero-order valence-electron chi connectivity index (χ0n) is 12.4. The van der Waals surface area contributed by atoms with E-state index >= 15 is 0 Å². The van der Waals surface area contributed by atoms with E-state index in [1.165, 1.54) is 44.9 Å². The second kappa shape index (κ2) is 12.7. The second-order valence-corrected chi connectivity index (χ2v) is 4.97. The average molecular weight is 254 g/mol. The molecule has 106 valence electrons. The van der Waals surface area contributed by atoms with Crippen LogP contribution < -0.4 is 0 Å². The minimum Gasteiger partial charge on any atom is -0.460 e. The van der Waals surface area contributed by atoms with Crippen LogP contribution in [0.4, 0.5) is 0 Å². The molecule has 1 unspecified atom stereocenters. The largest absolute Gasteiger partial charge is 0.460 e. The third kappa shape index (κ3) is 11.7. The Bertz CT molecular complexity index is 221. The van der Waals surface area contributed by atoms with Crippen molar-refractivity contribution in [3.05, 3.63) is 12.2 Å². The highest BCUT2D eigenvalue weighted by atomic mass is 16.5. The highest BCUT2D eigenvalue weighted by Crippen LogP contribution is 2.08. The molecule has 0 aromatic heterocycles. The summed E-state index contributed by atoms with van der Waals surface area (Å²) in [4.78, 5) is 11.3. The fourth-order valence-electron chi connectivity index (χ4n) is 1.72. The van der Waals surface area contributed by atoms with E-state index in [0.717, 1.165) is 12.8 Å². The number of unbranched alkanes of at least 4 members (excludes halogenated alkanes) is 7. The van der Waals surface area contributed by atoms with E-state index in [0.29, 0.717) is 0 Å². The van der Waals surface area contributed by atoms with Gasteiger partial charge in [0, 0.05) is 6.08 Å². The summed E-state index contributed by atoms with van der Waals surface area (Å²) in [6.45, 7) is 6.17. The van der Waals surface area contributed by atoms with Gasteiger partial charge in [0.2, 0.25) is 0 Å². The Morgan fingerprint density at radius 1 is 1.06 bits per heavy atom. The number of carbonyl (C=O) groups excluding carboxylic acids is 1. The number of allylic oxidation sites excluding steroid dienone is 1. The number of carbonyl (C=O) groups is 1. The van der Waals surface area contributed by atoms with Crippen molar-refractivity contribution in [3.63, 3.8) is 0 Å². The van der Waals surface area contributed by atoms with E-state index in [1.807, 2.05) is 19.9 Å². The zero-order chi connectivity index (χ0) is 13.6. The molecular weight excluding hydrogens is 224 g/mol. The van der Waals surface area contributed by atoms with Gasteiger partial charge in [-0.05, 0) is 26.2 Å². The van der Waals surface area contributed by atoms with Gasteiger partial charge in [0.25, 0.3) is 0 Å². The van der Waals surface area contributed by atoms with Crippen molar-refractivity contribution in [2.45, 2.75) is 84.7 Å². The SMILES string of the molecule is CCCCCCCCCC=CC(=O)OC(C)CC. The van der Waals surface area contributed by atoms with E-state index in [2.05, 4.69) is 6.92 Å². The maximum absolute atomic E-state index is 11.3. The first-order valence-electron chi connectivity index (χ1n) is 7.57. The third-order valence-electron chi connectivity index (χ3n) is 3.12. The maximum atomic E-state index is 11.3. The van der Waals surface area contributed by atoms with E-state index in [4.69, 9.17) is 4.74 Å². The molecule has 0 radical (unpaired) electrons. The zero-order valence-corrected chi connectivity index (χ0v) is 12.4. The summed E-state index contributed by atoms with van der Waals surface area (Å²) in [5.74, 6) is -0.202. The summed E-state index contributed by atoms with van der Waals surface area (Å²) in [5.41, 5.74) is 0. The monoisotopic (exact) mass is 254 g/mol. The van der Waals surface area contributed by atoms with E-state index < -0.39 is 0 Å². The van der Waals surface area contributed by atoms with E-state index in [9.17, 15) is 4.79 Å². The van der Waals surface area contributed by atoms with E-state index in [1.54, 1.807) is 6.08 Å². The summed E-state index contributed by atoms with van der Waals surface area (Å²) in [5, 5.41) is 0. The molecule has 0 N–H and O–H groups in total. The Balaban J connectivity index is 3.34. The predicted octanol–water partition coefficient (Wildman–Crippen LogP) is 5.03. The maximum Gasteiger partial charge on any atom is 0.330 e. The van der Waals surface area contributed by atoms with Crippen LogP contribution >= 0.6 is 0 Å². The first-order chi connectivity index (χ1) is 8.70. The number of rotatable bonds is 11. The summed E-state index contributed by atoms with van der Waals surface area (Å²) in [7, 11) is 0. The lowest BCUT2D eigenvalue weighted by Crippen LogP contribution is -2.11. The smallest absolute Gasteiger partial charge is 0.330 e. The molecule has 0 heterocycles. The van der Waals surface area contributed by atoms with Crippen molar-refractivity contribution < 1.29 is 9.53 Å². The number of hydrogen-bond acceptors (Lipinski definition) is 2. The van der Waals surface area contributed by atoms with Gasteiger partial charge in [0.1, 0.15) is 0 Å². The molecule has 0 aromatic carbocycles. The highest BCUT2D eigenvalue weighted by molar-refractivity contribution is 5.81. The Morgan fingerprint density at radius 2 is 1.67 bits per heavy atom. The lowest BCUT2D eigenvalue weighted by molar-refractivity contribution is -0.142. The van der Waals surface area contributed by atoms with Gasteiger partial charge in [-0.1, -0.05) is 58.4 Å². The molecule has 2 heteroatoms. The van der Waals surface area contributed by atoms with Crippen LogP contribution in [0.15, 0.2) is 12.2 Å². The summed E-state index contributed by atoms with van der Waals surface area (Å²) in [6.07, 6.45) is 14.6. The molecule has 0 fully saturated rings. The van der Waals surface area contributed by atoms with Crippen LogP contribution in [0, 0.1) is 0 Å². The van der Waals surface area contributed by atoms with Crippen LogP contribution in [0.1, 0.15) is 78.6 Å². The Kier molecular flexibility index (Phi) is 12.1. The van der Waals surface area contributed by atoms with Gasteiger partial charge in [0.05, 0.1) is 6.10 Å². The van der Waals surface area contributed by atoms with Crippen molar-refractivity contribution in [1.29, 1.82) is 0 Å². The van der Waals surface area contributed by atoms with Crippen LogP contribution in [0.3, 0.4) is 0 Å². The van der Waals surface area contributed by atoms with Crippen molar-refractivity contribution >= 4 is 5.97 Å². The molecule has 0 amide bonds. The molecule has 0 rings (SSSR count). The molecule has 0 aliphatic carbocycles. The fraction of sp³-hybridized carbons (Fsp3) is 0.812. The molecule has 0 bridgehead atoms. The van der Waals surface area contributed by atoms with Gasteiger partial charge >= 0.3 is 5.97 Å². The molecular formula is C16H30O2. The predicted molar refractivity (Wildman–Crippen MR) is 77.6 cm³/mol. The van der Waals surface area contributed by atoms with Gasteiger partial charge < -0.3 is 4.74 Å². The number of ether oxygens (including phenoxy) is 1. The normalized spacial score (nSPS) is 12.8. The molecule has 0 spiro atoms. The standard InChI is InChI=1S/C16H30O2/c1-4-6-7-8-9-10-11-12-13-14-16(17)18-15(3)5-2/h13-15H,4-12H2,1-3H3. The van der Waals surface area contributed by atoms with Crippen molar-refractivity contribution in [3.8, 4) is 0 Å². The molecule has 0 aliphatic heterocycles. The van der Waals surface area contributed by atoms with Crippen molar-refractivity contribution in [1.82, 2.24) is 0 Å². The lowest BCUT2D eigenvalue weighted by atomic mass is 10.1. The Morgan fingerprint density at radius 3 is 2.28 bits per heavy atom. The minimum atomic E-state index is -0.202. The van der Waals surface area contributed by atoms with Crippen LogP contribution in [-0.2, 0) is 9.53 Å². The van der Waals surface area contributed by atoms with Crippen molar-refractivity contribution in [2.75, 3.05) is 0 Å².